The van der Waals surface area contributed by atoms with Crippen LogP contribution in [0.1, 0.15) is 28.5 Å². The van der Waals surface area contributed by atoms with Crippen molar-refractivity contribution < 1.29 is 9.53 Å². The third-order valence-electron chi connectivity index (χ3n) is 5.00. The van der Waals surface area contributed by atoms with Gasteiger partial charge in [0.15, 0.2) is 5.78 Å². The van der Waals surface area contributed by atoms with Crippen LogP contribution in [0.2, 0.25) is 0 Å². The third kappa shape index (κ3) is 4.01. The summed E-state index contributed by atoms with van der Waals surface area (Å²) in [6.07, 6.45) is 3.46. The second-order valence-corrected chi connectivity index (χ2v) is 7.03. The number of pyridine rings is 1. The van der Waals surface area contributed by atoms with Crippen molar-refractivity contribution in [1.82, 2.24) is 4.98 Å². The second-order valence-electron chi connectivity index (χ2n) is 7.03. The van der Waals surface area contributed by atoms with E-state index in [-0.39, 0.29) is 5.78 Å². The van der Waals surface area contributed by atoms with Crippen molar-refractivity contribution >= 4 is 22.8 Å². The molecule has 148 valence electrons. The molecular formula is C27H23NO2. The molecule has 3 heteroatoms. The summed E-state index contributed by atoms with van der Waals surface area (Å²) in [5.74, 6) is 0.764. The number of carbonyl (C=O) groups is 1. The van der Waals surface area contributed by atoms with Crippen LogP contribution < -0.4 is 4.74 Å². The minimum atomic E-state index is -0.0570. The van der Waals surface area contributed by atoms with Gasteiger partial charge in [-0.05, 0) is 49.2 Å². The number of para-hydroxylation sites is 1. The predicted molar refractivity (Wildman–Crippen MR) is 123 cm³/mol. The lowest BCUT2D eigenvalue weighted by Gasteiger charge is -2.14. The van der Waals surface area contributed by atoms with Gasteiger partial charge in [-0.2, -0.15) is 0 Å². The van der Waals surface area contributed by atoms with E-state index < -0.39 is 0 Å². The SMILES string of the molecule is CCOc1ccc(C=CC(=O)c2c(C)nc3ccccc3c2-c2ccccc2)cc1. The highest BCUT2D eigenvalue weighted by Gasteiger charge is 2.18. The maximum absolute atomic E-state index is 13.3. The number of carbonyl (C=O) groups excluding carboxylic acids is 1. The Hall–Kier alpha value is -3.72. The Labute approximate surface area is 176 Å². The first-order chi connectivity index (χ1) is 14.7. The van der Waals surface area contributed by atoms with Gasteiger partial charge in [-0.25, -0.2) is 0 Å². The fraction of sp³-hybridized carbons (Fsp3) is 0.111. The molecule has 4 rings (SSSR count). The average Bonchev–Trinajstić information content (AvgIpc) is 2.78. The van der Waals surface area contributed by atoms with Crippen LogP contribution >= 0.6 is 0 Å². The molecule has 3 nitrogen and oxygen atoms in total. The van der Waals surface area contributed by atoms with Gasteiger partial charge in [-0.1, -0.05) is 66.7 Å². The number of rotatable bonds is 6. The first-order valence-electron chi connectivity index (χ1n) is 10.1. The molecule has 0 saturated carbocycles. The average molecular weight is 393 g/mol. The molecular weight excluding hydrogens is 370 g/mol. The van der Waals surface area contributed by atoms with E-state index >= 15 is 0 Å². The Bertz CT molecular complexity index is 1210. The van der Waals surface area contributed by atoms with Gasteiger partial charge >= 0.3 is 0 Å². The summed E-state index contributed by atoms with van der Waals surface area (Å²) in [7, 11) is 0. The number of hydrogen-bond donors (Lipinski definition) is 0. The number of aromatic nitrogens is 1. The van der Waals surface area contributed by atoms with Crippen LogP contribution in [0.4, 0.5) is 0 Å². The Morgan fingerprint density at radius 1 is 0.933 bits per heavy atom. The number of hydrogen-bond acceptors (Lipinski definition) is 3. The van der Waals surface area contributed by atoms with Gasteiger partial charge in [0.1, 0.15) is 5.75 Å². The quantitative estimate of drug-likeness (QED) is 0.277. The van der Waals surface area contributed by atoms with Crippen LogP contribution in [0.25, 0.3) is 28.1 Å². The second kappa shape index (κ2) is 8.75. The van der Waals surface area contributed by atoms with Crippen LogP contribution in [-0.2, 0) is 0 Å². The van der Waals surface area contributed by atoms with Crippen molar-refractivity contribution in [1.29, 1.82) is 0 Å². The number of allylic oxidation sites excluding steroid dienone is 1. The number of fused-ring (bicyclic) bond motifs is 1. The van der Waals surface area contributed by atoms with Crippen molar-refractivity contribution in [2.45, 2.75) is 13.8 Å². The summed E-state index contributed by atoms with van der Waals surface area (Å²) in [6.45, 7) is 4.48. The van der Waals surface area contributed by atoms with Crippen molar-refractivity contribution in [2.75, 3.05) is 6.61 Å². The highest BCUT2D eigenvalue weighted by molar-refractivity contribution is 6.16. The maximum atomic E-state index is 13.3. The van der Waals surface area contributed by atoms with E-state index in [0.717, 1.165) is 39.0 Å². The van der Waals surface area contributed by atoms with Crippen LogP contribution in [-0.4, -0.2) is 17.4 Å². The third-order valence-corrected chi connectivity index (χ3v) is 5.00. The molecule has 0 aliphatic heterocycles. The molecule has 0 atom stereocenters. The van der Waals surface area contributed by atoms with E-state index in [4.69, 9.17) is 9.72 Å². The molecule has 1 aromatic heterocycles. The molecule has 0 bridgehead atoms. The van der Waals surface area contributed by atoms with Crippen LogP contribution in [0.3, 0.4) is 0 Å². The molecule has 0 fully saturated rings. The summed E-state index contributed by atoms with van der Waals surface area (Å²) >= 11 is 0. The van der Waals surface area contributed by atoms with E-state index in [1.54, 1.807) is 6.08 Å². The fourth-order valence-electron chi connectivity index (χ4n) is 3.64. The van der Waals surface area contributed by atoms with Gasteiger partial charge in [-0.15, -0.1) is 0 Å². The Balaban J connectivity index is 1.78. The van der Waals surface area contributed by atoms with Crippen LogP contribution in [0.15, 0.2) is 84.9 Å². The summed E-state index contributed by atoms with van der Waals surface area (Å²) in [4.78, 5) is 18.0. The van der Waals surface area contributed by atoms with Gasteiger partial charge in [-0.3, -0.25) is 9.78 Å². The van der Waals surface area contributed by atoms with Gasteiger partial charge in [0.05, 0.1) is 17.7 Å². The van der Waals surface area contributed by atoms with Crippen molar-refractivity contribution in [3.8, 4) is 16.9 Å². The van der Waals surface area contributed by atoms with E-state index in [2.05, 4.69) is 0 Å². The predicted octanol–water partition coefficient (Wildman–Crippen LogP) is 6.51. The lowest BCUT2D eigenvalue weighted by Crippen LogP contribution is -2.05. The van der Waals surface area contributed by atoms with E-state index in [1.165, 1.54) is 0 Å². The zero-order valence-electron chi connectivity index (χ0n) is 17.1. The number of benzene rings is 3. The summed E-state index contributed by atoms with van der Waals surface area (Å²) in [5.41, 5.74) is 5.15. The van der Waals surface area contributed by atoms with E-state index in [1.807, 2.05) is 98.8 Å². The minimum Gasteiger partial charge on any atom is -0.494 e. The van der Waals surface area contributed by atoms with Crippen molar-refractivity contribution in [3.63, 3.8) is 0 Å². The Morgan fingerprint density at radius 3 is 2.37 bits per heavy atom. The number of nitrogens with zero attached hydrogens (tertiary/aromatic N) is 1. The smallest absolute Gasteiger partial charge is 0.188 e. The Kier molecular flexibility index (Phi) is 5.71. The first kappa shape index (κ1) is 19.6. The Morgan fingerprint density at radius 2 is 1.63 bits per heavy atom. The number of aryl methyl sites for hydroxylation is 1. The van der Waals surface area contributed by atoms with E-state index in [0.29, 0.717) is 12.2 Å². The van der Waals surface area contributed by atoms with Crippen molar-refractivity contribution in [3.05, 3.63) is 102 Å². The van der Waals surface area contributed by atoms with E-state index in [9.17, 15) is 4.79 Å². The lowest BCUT2D eigenvalue weighted by atomic mass is 9.92. The molecule has 0 amide bonds. The largest absolute Gasteiger partial charge is 0.494 e. The fourth-order valence-corrected chi connectivity index (χ4v) is 3.64. The molecule has 30 heavy (non-hydrogen) atoms. The van der Waals surface area contributed by atoms with Crippen LogP contribution in [0, 0.1) is 6.92 Å². The molecule has 4 aromatic rings. The minimum absolute atomic E-state index is 0.0570. The molecule has 0 N–H and O–H groups in total. The molecule has 1 heterocycles. The molecule has 0 saturated heterocycles. The first-order valence-corrected chi connectivity index (χ1v) is 10.1. The van der Waals surface area contributed by atoms with Crippen LogP contribution in [0.5, 0.6) is 5.75 Å². The topological polar surface area (TPSA) is 39.2 Å². The summed E-state index contributed by atoms with van der Waals surface area (Å²) in [5, 5.41) is 0.979. The van der Waals surface area contributed by atoms with Gasteiger partial charge in [0.2, 0.25) is 0 Å². The molecule has 0 aliphatic carbocycles. The standard InChI is InChI=1S/C27H23NO2/c1-3-30-22-16-13-20(14-17-22)15-18-25(29)26-19(2)28-24-12-8-7-11-23(24)27(26)21-9-5-4-6-10-21/h4-18H,3H2,1-2H3. The number of ether oxygens (including phenoxy) is 1. The molecule has 0 radical (unpaired) electrons. The van der Waals surface area contributed by atoms with Crippen molar-refractivity contribution in [2.24, 2.45) is 0 Å². The summed E-state index contributed by atoms with van der Waals surface area (Å²) < 4.78 is 5.48. The monoisotopic (exact) mass is 393 g/mol. The molecule has 0 unspecified atom stereocenters. The molecule has 0 aliphatic rings. The highest BCUT2D eigenvalue weighted by Crippen LogP contribution is 2.33. The maximum Gasteiger partial charge on any atom is 0.188 e. The zero-order valence-corrected chi connectivity index (χ0v) is 17.1. The lowest BCUT2D eigenvalue weighted by molar-refractivity contribution is 0.104. The normalized spacial score (nSPS) is 11.1. The van der Waals surface area contributed by atoms with Gasteiger partial charge < -0.3 is 4.74 Å². The van der Waals surface area contributed by atoms with Gasteiger partial charge in [0, 0.05) is 16.6 Å². The molecule has 3 aromatic carbocycles. The summed E-state index contributed by atoms with van der Waals surface area (Å²) in [6, 6.07) is 25.7. The van der Waals surface area contributed by atoms with Gasteiger partial charge in [0.25, 0.3) is 0 Å². The number of ketones is 1. The highest BCUT2D eigenvalue weighted by atomic mass is 16.5. The zero-order chi connectivity index (χ0) is 20.9. The molecule has 0 spiro atoms.